The van der Waals surface area contributed by atoms with Crippen LogP contribution in [0.5, 0.6) is 0 Å². The largest absolute Gasteiger partial charge is 0.390 e. The average Bonchev–Trinajstić information content (AvgIpc) is 3.19. The second-order valence-electron chi connectivity index (χ2n) is 9.75. The Morgan fingerprint density at radius 2 is 1.84 bits per heavy atom. The van der Waals surface area contributed by atoms with Gasteiger partial charge in [-0.25, -0.2) is 0 Å². The van der Waals surface area contributed by atoms with Crippen molar-refractivity contribution in [1.29, 1.82) is 0 Å². The van der Waals surface area contributed by atoms with Crippen LogP contribution in [0.2, 0.25) is 0 Å². The van der Waals surface area contributed by atoms with E-state index in [1.54, 1.807) is 0 Å². The Kier molecular flexibility index (Phi) is 7.77. The van der Waals surface area contributed by atoms with E-state index in [9.17, 15) is 5.11 Å². The van der Waals surface area contributed by atoms with Gasteiger partial charge in [-0.2, -0.15) is 5.10 Å². The molecule has 0 bridgehead atoms. The summed E-state index contributed by atoms with van der Waals surface area (Å²) in [4.78, 5) is 7.46. The van der Waals surface area contributed by atoms with E-state index in [4.69, 9.17) is 0 Å². The van der Waals surface area contributed by atoms with Crippen molar-refractivity contribution < 1.29 is 5.11 Å². The molecule has 0 saturated carbocycles. The number of β-amino-alcohol motifs (C(OH)–C–C–N with tert-alkyl or cyclic N) is 1. The van der Waals surface area contributed by atoms with Gasteiger partial charge in [-0.15, -0.1) is 0 Å². The van der Waals surface area contributed by atoms with Gasteiger partial charge in [-0.05, 0) is 36.8 Å². The van der Waals surface area contributed by atoms with Gasteiger partial charge in [0.1, 0.15) is 0 Å². The lowest BCUT2D eigenvalue weighted by molar-refractivity contribution is -0.0310. The molecule has 2 N–H and O–H groups in total. The molecule has 0 radical (unpaired) electrons. The van der Waals surface area contributed by atoms with Crippen LogP contribution in [0.1, 0.15) is 37.2 Å². The number of H-pyrrole nitrogens is 1. The highest BCUT2D eigenvalue weighted by Crippen LogP contribution is 2.21. The average molecular weight is 426 g/mol. The van der Waals surface area contributed by atoms with Crippen LogP contribution in [0.4, 0.5) is 0 Å². The molecule has 170 valence electrons. The standard InChI is InChI=1S/C25H39N5O/c1-20(2)16-22-17-23(27-26-22)18-29-11-9-24(25(31)19-29)30-14-12-28(13-15-30)10-8-21-6-4-3-5-7-21/h3-7,17,20,24-25,31H,8-16,18-19H2,1-2H3,(H,26,27)/t24-,25-/m1/s1. The minimum atomic E-state index is -0.275. The Balaban J connectivity index is 1.19. The Hall–Kier alpha value is -1.73. The molecular weight excluding hydrogens is 386 g/mol. The molecule has 2 aromatic rings. The molecule has 6 nitrogen and oxygen atoms in total. The van der Waals surface area contributed by atoms with E-state index in [1.165, 1.54) is 5.56 Å². The van der Waals surface area contributed by atoms with Crippen molar-refractivity contribution in [2.24, 2.45) is 5.92 Å². The normalized spacial score (nSPS) is 24.1. The van der Waals surface area contributed by atoms with Crippen molar-refractivity contribution in [3.8, 4) is 0 Å². The monoisotopic (exact) mass is 425 g/mol. The molecule has 0 spiro atoms. The smallest absolute Gasteiger partial charge is 0.0822 e. The molecule has 3 heterocycles. The third-order valence-electron chi connectivity index (χ3n) is 6.76. The topological polar surface area (TPSA) is 58.6 Å². The maximum atomic E-state index is 10.9. The molecule has 0 aliphatic carbocycles. The van der Waals surface area contributed by atoms with Crippen LogP contribution >= 0.6 is 0 Å². The van der Waals surface area contributed by atoms with E-state index in [0.29, 0.717) is 12.0 Å². The highest BCUT2D eigenvalue weighted by Gasteiger charge is 2.33. The predicted octanol–water partition coefficient (Wildman–Crippen LogP) is 2.40. The molecular formula is C25H39N5O. The fraction of sp³-hybridized carbons (Fsp3) is 0.640. The van der Waals surface area contributed by atoms with Crippen LogP contribution in [0.15, 0.2) is 36.4 Å². The minimum Gasteiger partial charge on any atom is -0.390 e. The maximum absolute atomic E-state index is 10.9. The van der Waals surface area contributed by atoms with E-state index >= 15 is 0 Å². The molecule has 31 heavy (non-hydrogen) atoms. The number of benzene rings is 1. The Bertz CT molecular complexity index is 784. The Morgan fingerprint density at radius 3 is 2.55 bits per heavy atom. The molecule has 1 aromatic carbocycles. The molecule has 2 fully saturated rings. The summed E-state index contributed by atoms with van der Waals surface area (Å²) in [6, 6.07) is 13.2. The summed E-state index contributed by atoms with van der Waals surface area (Å²) in [6.07, 6.45) is 2.90. The molecule has 2 aliphatic heterocycles. The van der Waals surface area contributed by atoms with Crippen LogP contribution in [0, 0.1) is 5.92 Å². The van der Waals surface area contributed by atoms with Crippen LogP contribution in [0.25, 0.3) is 0 Å². The lowest BCUT2D eigenvalue weighted by Gasteiger charge is -2.45. The number of nitrogens with one attached hydrogen (secondary N) is 1. The molecule has 4 rings (SSSR count). The first-order valence-electron chi connectivity index (χ1n) is 12.0. The van der Waals surface area contributed by atoms with Crippen molar-refractivity contribution in [1.82, 2.24) is 24.9 Å². The van der Waals surface area contributed by atoms with Crippen molar-refractivity contribution in [3.63, 3.8) is 0 Å². The Labute approximate surface area is 187 Å². The van der Waals surface area contributed by atoms with Gasteiger partial charge in [0.15, 0.2) is 0 Å². The van der Waals surface area contributed by atoms with Crippen molar-refractivity contribution in [2.75, 3.05) is 45.8 Å². The lowest BCUT2D eigenvalue weighted by Crippen LogP contribution is -2.58. The first-order chi connectivity index (χ1) is 15.1. The van der Waals surface area contributed by atoms with Gasteiger partial charge in [0.05, 0.1) is 11.8 Å². The highest BCUT2D eigenvalue weighted by molar-refractivity contribution is 5.15. The first-order valence-corrected chi connectivity index (χ1v) is 12.0. The molecule has 2 aliphatic rings. The van der Waals surface area contributed by atoms with Gasteiger partial charge in [0.2, 0.25) is 0 Å². The van der Waals surface area contributed by atoms with Crippen LogP contribution < -0.4 is 0 Å². The molecule has 6 heteroatoms. The molecule has 0 unspecified atom stereocenters. The van der Waals surface area contributed by atoms with Crippen molar-refractivity contribution >= 4 is 0 Å². The van der Waals surface area contributed by atoms with Crippen LogP contribution in [-0.2, 0) is 19.4 Å². The van der Waals surface area contributed by atoms with Gasteiger partial charge >= 0.3 is 0 Å². The molecule has 1 aromatic heterocycles. The van der Waals surface area contributed by atoms with Crippen molar-refractivity contribution in [2.45, 2.75) is 51.8 Å². The third kappa shape index (κ3) is 6.39. The number of hydrogen-bond acceptors (Lipinski definition) is 5. The quantitative estimate of drug-likeness (QED) is 0.680. The number of piperidine rings is 1. The second-order valence-corrected chi connectivity index (χ2v) is 9.75. The number of likely N-dealkylation sites (tertiary alicyclic amines) is 1. The zero-order chi connectivity index (χ0) is 21.6. The number of nitrogens with zero attached hydrogens (tertiary/aromatic N) is 4. The van der Waals surface area contributed by atoms with Gasteiger partial charge in [0, 0.05) is 64.1 Å². The summed E-state index contributed by atoms with van der Waals surface area (Å²) in [6.45, 7) is 12.5. The summed E-state index contributed by atoms with van der Waals surface area (Å²) in [5.41, 5.74) is 3.72. The number of aromatic nitrogens is 2. The second kappa shape index (κ2) is 10.7. The summed E-state index contributed by atoms with van der Waals surface area (Å²) in [7, 11) is 0. The predicted molar refractivity (Wildman–Crippen MR) is 125 cm³/mol. The van der Waals surface area contributed by atoms with Gasteiger partial charge in [-0.1, -0.05) is 44.2 Å². The molecule has 2 saturated heterocycles. The fourth-order valence-electron chi connectivity index (χ4n) is 5.06. The minimum absolute atomic E-state index is 0.275. The van der Waals surface area contributed by atoms with Gasteiger partial charge in [0.25, 0.3) is 0 Å². The zero-order valence-corrected chi connectivity index (χ0v) is 19.2. The SMILES string of the molecule is CC(C)Cc1cc(CN2CC[C@@H](N3CCN(CCc4ccccc4)CC3)[C@H](O)C2)[nH]n1. The summed E-state index contributed by atoms with van der Waals surface area (Å²) >= 11 is 0. The van der Waals surface area contributed by atoms with E-state index in [2.05, 4.69) is 75.1 Å². The number of piperazine rings is 1. The fourth-order valence-corrected chi connectivity index (χ4v) is 5.06. The highest BCUT2D eigenvalue weighted by atomic mass is 16.3. The zero-order valence-electron chi connectivity index (χ0n) is 19.2. The van der Waals surface area contributed by atoms with E-state index < -0.39 is 0 Å². The Morgan fingerprint density at radius 1 is 1.06 bits per heavy atom. The summed E-state index contributed by atoms with van der Waals surface area (Å²) in [5, 5.41) is 18.5. The molecule has 0 amide bonds. The van der Waals surface area contributed by atoms with Gasteiger partial charge in [-0.3, -0.25) is 14.9 Å². The number of rotatable bonds is 8. The van der Waals surface area contributed by atoms with E-state index in [1.807, 2.05) is 0 Å². The number of aliphatic hydroxyl groups excluding tert-OH is 1. The van der Waals surface area contributed by atoms with E-state index in [-0.39, 0.29) is 6.10 Å². The van der Waals surface area contributed by atoms with E-state index in [0.717, 1.165) is 83.0 Å². The van der Waals surface area contributed by atoms with Crippen LogP contribution in [-0.4, -0.2) is 88.0 Å². The van der Waals surface area contributed by atoms with Crippen molar-refractivity contribution in [3.05, 3.63) is 53.3 Å². The number of aromatic amines is 1. The molecule has 2 atom stereocenters. The van der Waals surface area contributed by atoms with Gasteiger partial charge < -0.3 is 10.0 Å². The summed E-state index contributed by atoms with van der Waals surface area (Å²) < 4.78 is 0. The third-order valence-corrected chi connectivity index (χ3v) is 6.76. The van der Waals surface area contributed by atoms with Crippen LogP contribution in [0.3, 0.4) is 0 Å². The first kappa shape index (κ1) is 22.5. The lowest BCUT2D eigenvalue weighted by atomic mass is 9.99. The maximum Gasteiger partial charge on any atom is 0.0822 e. The number of hydrogen-bond donors (Lipinski definition) is 2. The summed E-state index contributed by atoms with van der Waals surface area (Å²) in [5.74, 6) is 0.618. The number of aliphatic hydroxyl groups is 1.